The third kappa shape index (κ3) is 4.79. The maximum absolute atomic E-state index is 10.8. The number of ether oxygens (including phenoxy) is 2. The summed E-state index contributed by atoms with van der Waals surface area (Å²) in [6.45, 7) is 8.28. The molecule has 2 heterocycles. The lowest BCUT2D eigenvalue weighted by Gasteiger charge is -2.47. The fourth-order valence-electron chi connectivity index (χ4n) is 4.60. The van der Waals surface area contributed by atoms with Crippen molar-refractivity contribution in [2.45, 2.75) is 58.3 Å². The molecule has 0 aliphatic carbocycles. The molecule has 0 aromatic heterocycles. The molecule has 6 nitrogen and oxygen atoms in total. The molecule has 1 saturated heterocycles. The fraction of sp³-hybridized carbons (Fsp3) is 0.727. The summed E-state index contributed by atoms with van der Waals surface area (Å²) in [5.74, 6) is 1.52. The first-order valence-corrected chi connectivity index (χ1v) is 10.3. The lowest BCUT2D eigenvalue weighted by molar-refractivity contribution is -0.0259. The van der Waals surface area contributed by atoms with Gasteiger partial charge in [0.1, 0.15) is 12.7 Å². The summed E-state index contributed by atoms with van der Waals surface area (Å²) in [4.78, 5) is 2.50. The third-order valence-electron chi connectivity index (χ3n) is 5.89. The Bertz CT molecular complexity index is 672. The van der Waals surface area contributed by atoms with Crippen molar-refractivity contribution in [2.75, 3.05) is 33.4 Å². The van der Waals surface area contributed by atoms with Gasteiger partial charge in [0, 0.05) is 19.1 Å². The summed E-state index contributed by atoms with van der Waals surface area (Å²) < 4.78 is 11.2. The number of fused-ring (bicyclic) bond motifs is 3. The molecule has 3 rings (SSSR count). The molecule has 28 heavy (non-hydrogen) atoms. The van der Waals surface area contributed by atoms with Gasteiger partial charge in [-0.25, -0.2) is 0 Å². The average molecular weight is 394 g/mol. The highest BCUT2D eigenvalue weighted by Crippen LogP contribution is 2.44. The molecule has 3 N–H and O–H groups in total. The second-order valence-corrected chi connectivity index (χ2v) is 9.44. The number of aliphatic hydroxyl groups is 3. The van der Waals surface area contributed by atoms with Gasteiger partial charge >= 0.3 is 0 Å². The van der Waals surface area contributed by atoms with Crippen molar-refractivity contribution >= 4 is 0 Å². The number of benzene rings is 1. The molecular formula is C22H35NO5. The monoisotopic (exact) mass is 393 g/mol. The molecular weight excluding hydrogens is 358 g/mol. The highest BCUT2D eigenvalue weighted by atomic mass is 16.5. The van der Waals surface area contributed by atoms with E-state index < -0.39 is 6.10 Å². The fourth-order valence-corrected chi connectivity index (χ4v) is 4.60. The second-order valence-electron chi connectivity index (χ2n) is 9.44. The van der Waals surface area contributed by atoms with E-state index in [4.69, 9.17) is 14.6 Å². The first-order chi connectivity index (χ1) is 13.2. The number of rotatable bonds is 6. The summed E-state index contributed by atoms with van der Waals surface area (Å²) in [5.41, 5.74) is 2.62. The smallest absolute Gasteiger partial charge is 0.161 e. The van der Waals surface area contributed by atoms with Crippen molar-refractivity contribution in [3.05, 3.63) is 23.3 Å². The van der Waals surface area contributed by atoms with Gasteiger partial charge in [0.25, 0.3) is 0 Å². The number of nitrogens with zero attached hydrogens (tertiary/aromatic N) is 1. The molecule has 6 heteroatoms. The first kappa shape index (κ1) is 21.4. The standard InChI is InChI=1S/C22H35NO5/c1-22(2,3)10-15-11-23-6-5-14-7-21(28-13-16(25)12-24)20(27-4)8-17(14)18(23)9-19(15)26/h7-8,15-16,18-19,24-26H,5-6,9-13H2,1-4H3/t15-,16-,18-,19-/m1/s1. The molecule has 2 aliphatic rings. The molecule has 1 fully saturated rings. The van der Waals surface area contributed by atoms with E-state index in [-0.39, 0.29) is 30.8 Å². The topological polar surface area (TPSA) is 82.4 Å². The molecule has 1 aromatic carbocycles. The van der Waals surface area contributed by atoms with Gasteiger partial charge in [0.2, 0.25) is 0 Å². The highest BCUT2D eigenvalue weighted by Gasteiger charge is 2.39. The van der Waals surface area contributed by atoms with Crippen LogP contribution in [0.15, 0.2) is 12.1 Å². The predicted molar refractivity (Wildman–Crippen MR) is 108 cm³/mol. The molecule has 0 amide bonds. The quantitative estimate of drug-likeness (QED) is 0.687. The molecule has 1 aromatic rings. The number of aliphatic hydroxyl groups excluding tert-OH is 3. The Balaban J connectivity index is 1.80. The van der Waals surface area contributed by atoms with Crippen LogP contribution in [0.2, 0.25) is 0 Å². The van der Waals surface area contributed by atoms with Gasteiger partial charge in [-0.1, -0.05) is 20.8 Å². The largest absolute Gasteiger partial charge is 0.493 e. The lowest BCUT2D eigenvalue weighted by Crippen LogP contribution is -2.48. The van der Waals surface area contributed by atoms with Gasteiger partial charge in [0.15, 0.2) is 11.5 Å². The normalized spacial score (nSPS) is 26.3. The van der Waals surface area contributed by atoms with Crippen LogP contribution in [-0.2, 0) is 6.42 Å². The van der Waals surface area contributed by atoms with Crippen LogP contribution in [-0.4, -0.2) is 65.8 Å². The Hall–Kier alpha value is -1.34. The molecule has 0 saturated carbocycles. The summed E-state index contributed by atoms with van der Waals surface area (Å²) >= 11 is 0. The zero-order valence-electron chi connectivity index (χ0n) is 17.5. The minimum atomic E-state index is -0.913. The SMILES string of the molecule is COc1cc2c(cc1OC[C@H](O)CO)CCN1C[C@@H](CC(C)(C)C)[C@H](O)C[C@H]21. The number of methoxy groups -OCH3 is 1. The van der Waals surface area contributed by atoms with Crippen LogP contribution in [0.4, 0.5) is 0 Å². The summed E-state index contributed by atoms with van der Waals surface area (Å²) in [6, 6.07) is 4.20. The van der Waals surface area contributed by atoms with Crippen molar-refractivity contribution in [1.82, 2.24) is 4.90 Å². The Morgan fingerprint density at radius 1 is 1.25 bits per heavy atom. The second kappa shape index (κ2) is 8.57. The summed E-state index contributed by atoms with van der Waals surface area (Å²) in [7, 11) is 1.60. The van der Waals surface area contributed by atoms with Crippen molar-refractivity contribution in [2.24, 2.45) is 11.3 Å². The van der Waals surface area contributed by atoms with Crippen LogP contribution in [0, 0.1) is 11.3 Å². The van der Waals surface area contributed by atoms with E-state index in [0.717, 1.165) is 32.4 Å². The number of hydrogen-bond donors (Lipinski definition) is 3. The third-order valence-corrected chi connectivity index (χ3v) is 5.89. The van der Waals surface area contributed by atoms with Crippen molar-refractivity contribution < 1.29 is 24.8 Å². The van der Waals surface area contributed by atoms with Gasteiger partial charge in [-0.2, -0.15) is 0 Å². The Kier molecular flexibility index (Phi) is 6.54. The minimum absolute atomic E-state index is 0.0222. The Morgan fingerprint density at radius 2 is 2.00 bits per heavy atom. The average Bonchev–Trinajstić information content (AvgIpc) is 2.64. The molecule has 0 spiro atoms. The van der Waals surface area contributed by atoms with E-state index in [0.29, 0.717) is 17.4 Å². The van der Waals surface area contributed by atoms with Gasteiger partial charge in [0.05, 0.1) is 19.8 Å². The Labute approximate surface area is 168 Å². The minimum Gasteiger partial charge on any atom is -0.493 e. The van der Waals surface area contributed by atoms with E-state index >= 15 is 0 Å². The maximum Gasteiger partial charge on any atom is 0.161 e. The van der Waals surface area contributed by atoms with Crippen molar-refractivity contribution in [3.63, 3.8) is 0 Å². The van der Waals surface area contributed by atoms with Gasteiger partial charge < -0.3 is 24.8 Å². The highest BCUT2D eigenvalue weighted by molar-refractivity contribution is 5.49. The lowest BCUT2D eigenvalue weighted by atomic mass is 9.75. The van der Waals surface area contributed by atoms with E-state index in [2.05, 4.69) is 25.7 Å². The van der Waals surface area contributed by atoms with Gasteiger partial charge in [-0.15, -0.1) is 0 Å². The molecule has 0 radical (unpaired) electrons. The maximum atomic E-state index is 10.8. The van der Waals surface area contributed by atoms with Crippen LogP contribution < -0.4 is 9.47 Å². The van der Waals surface area contributed by atoms with Crippen molar-refractivity contribution in [3.8, 4) is 11.5 Å². The van der Waals surface area contributed by atoms with Crippen LogP contribution in [0.25, 0.3) is 0 Å². The van der Waals surface area contributed by atoms with E-state index in [1.807, 2.05) is 12.1 Å². The number of piperidine rings is 1. The Morgan fingerprint density at radius 3 is 2.64 bits per heavy atom. The van der Waals surface area contributed by atoms with Gasteiger partial charge in [-0.05, 0) is 53.9 Å². The number of hydrogen-bond acceptors (Lipinski definition) is 6. The molecule has 0 unspecified atom stereocenters. The van der Waals surface area contributed by atoms with Crippen molar-refractivity contribution in [1.29, 1.82) is 0 Å². The van der Waals surface area contributed by atoms with E-state index in [1.54, 1.807) is 7.11 Å². The predicted octanol–water partition coefficient (Wildman–Crippen LogP) is 2.14. The summed E-state index contributed by atoms with van der Waals surface area (Å²) in [5, 5.41) is 29.4. The molecule has 0 bridgehead atoms. The van der Waals surface area contributed by atoms with Gasteiger partial charge in [-0.3, -0.25) is 4.90 Å². The van der Waals surface area contributed by atoms with E-state index in [1.165, 1.54) is 11.1 Å². The van der Waals surface area contributed by atoms with Crippen LogP contribution in [0.5, 0.6) is 11.5 Å². The van der Waals surface area contributed by atoms with Crippen LogP contribution in [0.1, 0.15) is 50.8 Å². The van der Waals surface area contributed by atoms with E-state index in [9.17, 15) is 10.2 Å². The zero-order chi connectivity index (χ0) is 20.5. The molecule has 158 valence electrons. The van der Waals surface area contributed by atoms with Crippen LogP contribution in [0.3, 0.4) is 0 Å². The summed E-state index contributed by atoms with van der Waals surface area (Å²) in [6.07, 6.45) is 1.47. The van der Waals surface area contributed by atoms with Crippen LogP contribution >= 0.6 is 0 Å². The molecule has 4 atom stereocenters. The first-order valence-electron chi connectivity index (χ1n) is 10.3. The molecule has 2 aliphatic heterocycles. The zero-order valence-corrected chi connectivity index (χ0v) is 17.5.